The number of carbonyl (C=O) groups is 1. The first kappa shape index (κ1) is 11.8. The fourth-order valence-corrected chi connectivity index (χ4v) is 1.46. The molecule has 0 spiro atoms. The number of amides is 1. The average molecular weight is 248 g/mol. The Bertz CT molecular complexity index is 579. The second kappa shape index (κ2) is 4.70. The largest absolute Gasteiger partial charge is 0.496 e. The topological polar surface area (TPSA) is 108 Å². The van der Waals surface area contributed by atoms with Gasteiger partial charge in [-0.1, -0.05) is 11.2 Å². The van der Waals surface area contributed by atoms with Gasteiger partial charge in [0.1, 0.15) is 11.3 Å². The van der Waals surface area contributed by atoms with Gasteiger partial charge in [0.25, 0.3) is 11.9 Å². The summed E-state index contributed by atoms with van der Waals surface area (Å²) in [6.07, 6.45) is 0. The predicted molar refractivity (Wildman–Crippen MR) is 64.2 cm³/mol. The number of hydrogen-bond donors (Lipinski definition) is 2. The van der Waals surface area contributed by atoms with Gasteiger partial charge < -0.3 is 10.5 Å². The number of aryl methyl sites for hydroxylation is 1. The van der Waals surface area contributed by atoms with Crippen molar-refractivity contribution in [1.82, 2.24) is 20.2 Å². The van der Waals surface area contributed by atoms with Gasteiger partial charge in [-0.2, -0.15) is 4.80 Å². The van der Waals surface area contributed by atoms with Crippen LogP contribution in [0.5, 0.6) is 5.75 Å². The number of benzene rings is 1. The average Bonchev–Trinajstić information content (AvgIpc) is 2.74. The summed E-state index contributed by atoms with van der Waals surface area (Å²) in [6, 6.07) is 4.96. The van der Waals surface area contributed by atoms with Gasteiger partial charge in [0.05, 0.1) is 14.2 Å². The summed E-state index contributed by atoms with van der Waals surface area (Å²) >= 11 is 0. The van der Waals surface area contributed by atoms with E-state index in [9.17, 15) is 4.79 Å². The molecule has 8 nitrogen and oxygen atoms in total. The number of nitrogens with one attached hydrogen (secondary N) is 1. The molecule has 0 fully saturated rings. The molecule has 0 aliphatic rings. The molecule has 1 amide bonds. The second-order valence-electron chi connectivity index (χ2n) is 3.48. The number of nitrogen functional groups attached to an aromatic ring is 1. The van der Waals surface area contributed by atoms with E-state index in [1.165, 1.54) is 11.9 Å². The number of hydrogen-bond acceptors (Lipinski definition) is 6. The summed E-state index contributed by atoms with van der Waals surface area (Å²) < 4.78 is 5.09. The Balaban J connectivity index is 2.28. The maximum absolute atomic E-state index is 12.0. The third kappa shape index (κ3) is 2.21. The molecule has 0 radical (unpaired) electrons. The minimum absolute atomic E-state index is 0.104. The summed E-state index contributed by atoms with van der Waals surface area (Å²) in [4.78, 5) is 13.3. The van der Waals surface area contributed by atoms with Crippen molar-refractivity contribution in [3.63, 3.8) is 0 Å². The van der Waals surface area contributed by atoms with E-state index >= 15 is 0 Å². The molecule has 0 saturated heterocycles. The standard InChI is InChI=1S/C10H12N6O2/c1-16-14-10(13-15-16)12-9(17)8-6(11)4-3-5-7(8)18-2/h3-5H,11H2,1-2H3,(H,12,14,17). The molecule has 1 aromatic heterocycles. The number of nitrogens with two attached hydrogens (primary N) is 1. The monoisotopic (exact) mass is 248 g/mol. The highest BCUT2D eigenvalue weighted by atomic mass is 16.5. The normalized spacial score (nSPS) is 10.1. The number of anilines is 2. The van der Waals surface area contributed by atoms with Crippen molar-refractivity contribution in [3.05, 3.63) is 23.8 Å². The molecule has 94 valence electrons. The SMILES string of the molecule is COc1cccc(N)c1C(=O)Nc1nnn(C)n1. The molecule has 8 heteroatoms. The molecule has 0 aliphatic heterocycles. The Hall–Kier alpha value is -2.64. The van der Waals surface area contributed by atoms with Crippen LogP contribution in [0.15, 0.2) is 18.2 Å². The van der Waals surface area contributed by atoms with Crippen molar-refractivity contribution in [2.24, 2.45) is 7.05 Å². The van der Waals surface area contributed by atoms with Crippen molar-refractivity contribution < 1.29 is 9.53 Å². The molecule has 0 unspecified atom stereocenters. The summed E-state index contributed by atoms with van der Waals surface area (Å²) in [5.41, 5.74) is 6.31. The van der Waals surface area contributed by atoms with Crippen LogP contribution in [0, 0.1) is 0 Å². The van der Waals surface area contributed by atoms with Crippen LogP contribution in [0.2, 0.25) is 0 Å². The molecular formula is C10H12N6O2. The Morgan fingerprint density at radius 1 is 1.50 bits per heavy atom. The van der Waals surface area contributed by atoms with E-state index in [1.54, 1.807) is 25.2 Å². The van der Waals surface area contributed by atoms with Crippen molar-refractivity contribution in [2.75, 3.05) is 18.2 Å². The first-order valence-corrected chi connectivity index (χ1v) is 5.09. The van der Waals surface area contributed by atoms with Gasteiger partial charge in [0.15, 0.2) is 0 Å². The molecule has 18 heavy (non-hydrogen) atoms. The Morgan fingerprint density at radius 2 is 2.28 bits per heavy atom. The Morgan fingerprint density at radius 3 is 2.89 bits per heavy atom. The second-order valence-corrected chi connectivity index (χ2v) is 3.48. The number of tetrazole rings is 1. The maximum Gasteiger partial charge on any atom is 0.270 e. The zero-order valence-electron chi connectivity index (χ0n) is 9.91. The van der Waals surface area contributed by atoms with Gasteiger partial charge in [-0.15, -0.1) is 5.10 Å². The van der Waals surface area contributed by atoms with Crippen LogP contribution in [0.1, 0.15) is 10.4 Å². The van der Waals surface area contributed by atoms with Gasteiger partial charge in [0, 0.05) is 5.69 Å². The molecular weight excluding hydrogens is 236 g/mol. The molecule has 1 aromatic carbocycles. The van der Waals surface area contributed by atoms with Gasteiger partial charge in [-0.05, 0) is 17.3 Å². The summed E-state index contributed by atoms with van der Waals surface area (Å²) in [7, 11) is 3.06. The highest BCUT2D eigenvalue weighted by Gasteiger charge is 2.17. The fraction of sp³-hybridized carbons (Fsp3) is 0.200. The van der Waals surface area contributed by atoms with Crippen LogP contribution in [0.25, 0.3) is 0 Å². The van der Waals surface area contributed by atoms with Gasteiger partial charge in [-0.3, -0.25) is 10.1 Å². The molecule has 0 bridgehead atoms. The van der Waals surface area contributed by atoms with Crippen molar-refractivity contribution >= 4 is 17.5 Å². The molecule has 0 aliphatic carbocycles. The van der Waals surface area contributed by atoms with Crippen LogP contribution in [0.4, 0.5) is 11.6 Å². The van der Waals surface area contributed by atoms with Crippen LogP contribution >= 0.6 is 0 Å². The van der Waals surface area contributed by atoms with E-state index in [2.05, 4.69) is 20.7 Å². The van der Waals surface area contributed by atoms with E-state index in [1.807, 2.05) is 0 Å². The molecule has 1 heterocycles. The summed E-state index contributed by atoms with van der Waals surface area (Å²) in [5.74, 6) is 0.0437. The summed E-state index contributed by atoms with van der Waals surface area (Å²) in [5, 5.41) is 13.6. The van der Waals surface area contributed by atoms with Gasteiger partial charge in [0.2, 0.25) is 0 Å². The van der Waals surface area contributed by atoms with Crippen LogP contribution in [0.3, 0.4) is 0 Å². The maximum atomic E-state index is 12.0. The predicted octanol–water partition coefficient (Wildman–Crippen LogP) is 0.0532. The fourth-order valence-electron chi connectivity index (χ4n) is 1.46. The lowest BCUT2D eigenvalue weighted by Gasteiger charge is -2.09. The zero-order chi connectivity index (χ0) is 13.1. The number of methoxy groups -OCH3 is 1. The minimum Gasteiger partial charge on any atom is -0.496 e. The van der Waals surface area contributed by atoms with E-state index < -0.39 is 5.91 Å². The number of aromatic nitrogens is 4. The quantitative estimate of drug-likeness (QED) is 0.743. The lowest BCUT2D eigenvalue weighted by molar-refractivity contribution is 0.102. The number of ether oxygens (including phenoxy) is 1. The summed E-state index contributed by atoms with van der Waals surface area (Å²) in [6.45, 7) is 0. The smallest absolute Gasteiger partial charge is 0.270 e. The third-order valence-electron chi connectivity index (χ3n) is 2.24. The van der Waals surface area contributed by atoms with Crippen molar-refractivity contribution in [2.45, 2.75) is 0 Å². The Kier molecular flexibility index (Phi) is 3.09. The minimum atomic E-state index is -0.446. The van der Waals surface area contributed by atoms with E-state index in [4.69, 9.17) is 10.5 Å². The first-order chi connectivity index (χ1) is 8.61. The van der Waals surface area contributed by atoms with Crippen molar-refractivity contribution in [3.8, 4) is 5.75 Å². The van der Waals surface area contributed by atoms with Crippen LogP contribution in [-0.2, 0) is 7.05 Å². The molecule has 2 aromatic rings. The zero-order valence-corrected chi connectivity index (χ0v) is 9.91. The lowest BCUT2D eigenvalue weighted by atomic mass is 10.1. The Labute approximate surface area is 103 Å². The van der Waals surface area contributed by atoms with E-state index in [-0.39, 0.29) is 11.5 Å². The molecule has 0 atom stereocenters. The van der Waals surface area contributed by atoms with Crippen LogP contribution < -0.4 is 15.8 Å². The molecule has 3 N–H and O–H groups in total. The lowest BCUT2D eigenvalue weighted by Crippen LogP contribution is -2.16. The number of rotatable bonds is 3. The van der Waals surface area contributed by atoms with Crippen molar-refractivity contribution in [1.29, 1.82) is 0 Å². The first-order valence-electron chi connectivity index (χ1n) is 5.09. The highest BCUT2D eigenvalue weighted by Crippen LogP contribution is 2.24. The van der Waals surface area contributed by atoms with Gasteiger partial charge >= 0.3 is 0 Å². The number of nitrogens with zero attached hydrogens (tertiary/aromatic N) is 4. The van der Waals surface area contributed by atoms with Crippen LogP contribution in [-0.4, -0.2) is 33.2 Å². The van der Waals surface area contributed by atoms with E-state index in [0.29, 0.717) is 11.4 Å². The van der Waals surface area contributed by atoms with E-state index in [0.717, 1.165) is 0 Å². The van der Waals surface area contributed by atoms with Gasteiger partial charge in [-0.25, -0.2) is 0 Å². The molecule has 0 saturated carbocycles. The number of carbonyl (C=O) groups excluding carboxylic acids is 1. The highest BCUT2D eigenvalue weighted by molar-refractivity contribution is 6.09. The molecule has 2 rings (SSSR count). The third-order valence-corrected chi connectivity index (χ3v) is 2.24.